The number of nitrogens with two attached hydrogens (primary N) is 1. The van der Waals surface area contributed by atoms with E-state index in [1.807, 2.05) is 0 Å². The van der Waals surface area contributed by atoms with Gasteiger partial charge in [0, 0.05) is 38.6 Å². The molecule has 1 aromatic rings. The van der Waals surface area contributed by atoms with Crippen LogP contribution in [0.2, 0.25) is 0 Å². The fraction of sp³-hybridized carbons (Fsp3) is 0.545. The van der Waals surface area contributed by atoms with Crippen LogP contribution in [0.5, 0.6) is 0 Å². The Hall–Kier alpha value is -1.18. The van der Waals surface area contributed by atoms with E-state index < -0.39 is 10.0 Å². The Morgan fingerprint density at radius 3 is 2.50 bits per heavy atom. The molecule has 0 saturated carbocycles. The number of nitrogens with zero attached hydrogens (tertiary/aromatic N) is 3. The van der Waals surface area contributed by atoms with E-state index >= 15 is 0 Å². The molecular formula is C11H18N4O2S. The molecule has 1 aliphatic heterocycles. The molecule has 7 heteroatoms. The summed E-state index contributed by atoms with van der Waals surface area (Å²) in [5, 5.41) is 0. The molecule has 0 spiro atoms. The van der Waals surface area contributed by atoms with Crippen LogP contribution in [0.3, 0.4) is 0 Å². The van der Waals surface area contributed by atoms with Gasteiger partial charge >= 0.3 is 0 Å². The molecule has 2 rings (SSSR count). The van der Waals surface area contributed by atoms with E-state index in [0.717, 1.165) is 19.6 Å². The molecule has 2 heterocycles. The minimum absolute atomic E-state index is 0.174. The van der Waals surface area contributed by atoms with Gasteiger partial charge < -0.3 is 10.6 Å². The number of rotatable bonds is 3. The van der Waals surface area contributed by atoms with Crippen LogP contribution >= 0.6 is 0 Å². The van der Waals surface area contributed by atoms with Gasteiger partial charge in [-0.25, -0.2) is 8.42 Å². The van der Waals surface area contributed by atoms with Crippen LogP contribution in [-0.4, -0.2) is 55.3 Å². The minimum atomic E-state index is -3.45. The molecule has 0 unspecified atom stereocenters. The molecule has 6 nitrogen and oxygen atoms in total. The summed E-state index contributed by atoms with van der Waals surface area (Å²) in [5.41, 5.74) is 5.94. The molecule has 100 valence electrons. The van der Waals surface area contributed by atoms with Crippen molar-refractivity contribution in [2.45, 2.75) is 11.8 Å². The van der Waals surface area contributed by atoms with E-state index in [-0.39, 0.29) is 4.90 Å². The zero-order valence-electron chi connectivity index (χ0n) is 10.4. The summed E-state index contributed by atoms with van der Waals surface area (Å²) in [6.45, 7) is 5.60. The molecule has 0 atom stereocenters. The molecule has 0 amide bonds. The maximum Gasteiger partial charge on any atom is 0.244 e. The summed E-state index contributed by atoms with van der Waals surface area (Å²) in [6.07, 6.45) is 2.78. The standard InChI is InChI=1S/C11H18N4O2S/c1-2-14-3-5-15(6-4-14)18(16,17)11-7-10(12)8-13-9-11/h7-9H,2-6,12H2,1H3. The van der Waals surface area contributed by atoms with Gasteiger partial charge in [-0.1, -0.05) is 6.92 Å². The van der Waals surface area contributed by atoms with Gasteiger partial charge in [-0.2, -0.15) is 4.31 Å². The van der Waals surface area contributed by atoms with Crippen molar-refractivity contribution in [1.29, 1.82) is 0 Å². The second-order valence-electron chi connectivity index (χ2n) is 4.29. The quantitative estimate of drug-likeness (QED) is 0.835. The van der Waals surface area contributed by atoms with Crippen molar-refractivity contribution in [3.63, 3.8) is 0 Å². The van der Waals surface area contributed by atoms with Crippen LogP contribution < -0.4 is 5.73 Å². The van der Waals surface area contributed by atoms with Crippen LogP contribution in [0.4, 0.5) is 5.69 Å². The molecule has 1 fully saturated rings. The summed E-state index contributed by atoms with van der Waals surface area (Å²) in [6, 6.07) is 1.45. The first-order valence-electron chi connectivity index (χ1n) is 5.97. The third-order valence-corrected chi connectivity index (χ3v) is 5.01. The Balaban J connectivity index is 2.17. The Kier molecular flexibility index (Phi) is 3.84. The number of likely N-dealkylation sites (N-methyl/N-ethyl adjacent to an activating group) is 1. The zero-order chi connectivity index (χ0) is 13.2. The lowest BCUT2D eigenvalue weighted by Gasteiger charge is -2.33. The molecular weight excluding hydrogens is 252 g/mol. The van der Waals surface area contributed by atoms with Crippen LogP contribution in [0.1, 0.15) is 6.92 Å². The molecule has 1 saturated heterocycles. The van der Waals surface area contributed by atoms with Gasteiger partial charge in [0.05, 0.1) is 5.69 Å². The van der Waals surface area contributed by atoms with Crippen LogP contribution in [0.25, 0.3) is 0 Å². The SMILES string of the molecule is CCN1CCN(S(=O)(=O)c2cncc(N)c2)CC1. The number of aromatic nitrogens is 1. The van der Waals surface area contributed by atoms with Gasteiger partial charge in [0.25, 0.3) is 0 Å². The highest BCUT2D eigenvalue weighted by Crippen LogP contribution is 2.18. The number of sulfonamides is 1. The third-order valence-electron chi connectivity index (χ3n) is 3.15. The summed E-state index contributed by atoms with van der Waals surface area (Å²) in [4.78, 5) is 6.23. The predicted octanol–water partition coefficient (Wildman–Crippen LogP) is -0.0100. The first kappa shape index (κ1) is 13.3. The van der Waals surface area contributed by atoms with E-state index in [1.165, 1.54) is 22.8 Å². The van der Waals surface area contributed by atoms with Crippen molar-refractivity contribution in [2.75, 3.05) is 38.5 Å². The monoisotopic (exact) mass is 270 g/mol. The number of nitrogen functional groups attached to an aromatic ring is 1. The zero-order valence-corrected chi connectivity index (χ0v) is 11.2. The lowest BCUT2D eigenvalue weighted by atomic mass is 10.4. The highest BCUT2D eigenvalue weighted by atomic mass is 32.2. The Morgan fingerprint density at radius 1 is 1.28 bits per heavy atom. The number of anilines is 1. The van der Waals surface area contributed by atoms with Crippen molar-refractivity contribution >= 4 is 15.7 Å². The van der Waals surface area contributed by atoms with Crippen LogP contribution in [0, 0.1) is 0 Å². The molecule has 18 heavy (non-hydrogen) atoms. The first-order chi connectivity index (χ1) is 8.54. The second-order valence-corrected chi connectivity index (χ2v) is 6.23. The number of hydrogen-bond donors (Lipinski definition) is 1. The van der Waals surface area contributed by atoms with Crippen molar-refractivity contribution in [2.24, 2.45) is 0 Å². The third kappa shape index (κ3) is 2.63. The molecule has 1 aromatic heterocycles. The van der Waals surface area contributed by atoms with Crippen molar-refractivity contribution in [3.8, 4) is 0 Å². The summed E-state index contributed by atoms with van der Waals surface area (Å²) in [7, 11) is -3.45. The molecule has 1 aliphatic rings. The molecule has 0 aromatic carbocycles. The van der Waals surface area contributed by atoms with E-state index in [0.29, 0.717) is 18.8 Å². The lowest BCUT2D eigenvalue weighted by molar-refractivity contribution is 0.196. The first-order valence-corrected chi connectivity index (χ1v) is 7.41. The lowest BCUT2D eigenvalue weighted by Crippen LogP contribution is -2.48. The van der Waals surface area contributed by atoms with Crippen LogP contribution in [0.15, 0.2) is 23.4 Å². The van der Waals surface area contributed by atoms with Gasteiger partial charge in [0.2, 0.25) is 10.0 Å². The number of hydrogen-bond acceptors (Lipinski definition) is 5. The fourth-order valence-corrected chi connectivity index (χ4v) is 3.43. The molecule has 0 bridgehead atoms. The van der Waals surface area contributed by atoms with Crippen molar-refractivity contribution in [3.05, 3.63) is 18.5 Å². The molecule has 2 N–H and O–H groups in total. The van der Waals surface area contributed by atoms with Gasteiger partial charge in [-0.3, -0.25) is 4.98 Å². The number of pyridine rings is 1. The summed E-state index contributed by atoms with van der Waals surface area (Å²) >= 11 is 0. The van der Waals surface area contributed by atoms with Gasteiger partial charge in [0.15, 0.2) is 0 Å². The largest absolute Gasteiger partial charge is 0.397 e. The van der Waals surface area contributed by atoms with E-state index in [4.69, 9.17) is 5.73 Å². The van der Waals surface area contributed by atoms with Crippen molar-refractivity contribution < 1.29 is 8.42 Å². The highest BCUT2D eigenvalue weighted by Gasteiger charge is 2.28. The van der Waals surface area contributed by atoms with E-state index in [1.54, 1.807) is 0 Å². The smallest absolute Gasteiger partial charge is 0.244 e. The molecule has 0 radical (unpaired) electrons. The summed E-state index contributed by atoms with van der Waals surface area (Å²) in [5.74, 6) is 0. The Labute approximate surface area is 107 Å². The maximum absolute atomic E-state index is 12.3. The Bertz CT molecular complexity index is 510. The topological polar surface area (TPSA) is 79.5 Å². The predicted molar refractivity (Wildman–Crippen MR) is 69.5 cm³/mol. The molecule has 0 aliphatic carbocycles. The second kappa shape index (κ2) is 5.21. The van der Waals surface area contributed by atoms with E-state index in [2.05, 4.69) is 16.8 Å². The van der Waals surface area contributed by atoms with Crippen LogP contribution in [-0.2, 0) is 10.0 Å². The maximum atomic E-state index is 12.3. The average molecular weight is 270 g/mol. The average Bonchev–Trinajstić information content (AvgIpc) is 2.39. The van der Waals surface area contributed by atoms with Crippen molar-refractivity contribution in [1.82, 2.24) is 14.2 Å². The van der Waals surface area contributed by atoms with Gasteiger partial charge in [-0.05, 0) is 12.6 Å². The van der Waals surface area contributed by atoms with E-state index in [9.17, 15) is 8.42 Å². The highest BCUT2D eigenvalue weighted by molar-refractivity contribution is 7.89. The normalized spacial score (nSPS) is 18.9. The summed E-state index contributed by atoms with van der Waals surface area (Å²) < 4.78 is 26.2. The van der Waals surface area contributed by atoms with Gasteiger partial charge in [0.1, 0.15) is 4.90 Å². The number of piperazine rings is 1. The fourth-order valence-electron chi connectivity index (χ4n) is 2.01. The minimum Gasteiger partial charge on any atom is -0.397 e. The Morgan fingerprint density at radius 2 is 1.94 bits per heavy atom. The van der Waals surface area contributed by atoms with Gasteiger partial charge in [-0.15, -0.1) is 0 Å².